The van der Waals surface area contributed by atoms with Crippen molar-refractivity contribution in [3.05, 3.63) is 0 Å². The maximum atomic E-state index is 10.1. The molecule has 5 nitrogen and oxygen atoms in total. The molecule has 1 amide bonds. The number of rotatable bonds is 2. The van der Waals surface area contributed by atoms with Crippen molar-refractivity contribution < 1.29 is 19.4 Å². The van der Waals surface area contributed by atoms with Crippen LogP contribution in [0.3, 0.4) is 0 Å². The van der Waals surface area contributed by atoms with E-state index >= 15 is 0 Å². The Kier molecular flexibility index (Phi) is 18.9. The van der Waals surface area contributed by atoms with Crippen LogP contribution in [0.25, 0.3) is 0 Å². The van der Waals surface area contributed by atoms with Crippen LogP contribution < -0.4 is 5.32 Å². The molecule has 0 rings (SSSR count). The van der Waals surface area contributed by atoms with E-state index in [1.54, 1.807) is 0 Å². The van der Waals surface area contributed by atoms with Crippen LogP contribution in [-0.4, -0.2) is 30.8 Å². The molecular formula is C7H17NO4S. The minimum atomic E-state index is -1.10. The van der Waals surface area contributed by atoms with Gasteiger partial charge in [0.1, 0.15) is 6.54 Å². The Bertz CT molecular complexity index is 140. The topological polar surface area (TPSA) is 75.6 Å². The highest BCUT2D eigenvalue weighted by Crippen LogP contribution is 1.68. The van der Waals surface area contributed by atoms with Gasteiger partial charge in [-0.15, -0.1) is 0 Å². The highest BCUT2D eigenvalue weighted by molar-refractivity contribution is 7.59. The zero-order valence-corrected chi connectivity index (χ0v) is 9.09. The molecule has 0 heterocycles. The van der Waals surface area contributed by atoms with Gasteiger partial charge in [0.05, 0.1) is 7.11 Å². The minimum Gasteiger partial charge on any atom is -0.480 e. The molecule has 0 atom stereocenters. The molecule has 80 valence electrons. The fourth-order valence-corrected chi connectivity index (χ4v) is 0.220. The van der Waals surface area contributed by atoms with E-state index in [4.69, 9.17) is 5.11 Å². The van der Waals surface area contributed by atoms with E-state index in [0.29, 0.717) is 0 Å². The number of alkyl carbamates (subject to hydrolysis) is 1. The van der Waals surface area contributed by atoms with Crippen molar-refractivity contribution in [2.45, 2.75) is 20.3 Å². The van der Waals surface area contributed by atoms with Gasteiger partial charge < -0.3 is 15.2 Å². The SMILES string of the molecule is CCC.COC(=O)NCC(=O)O.S. The van der Waals surface area contributed by atoms with E-state index in [9.17, 15) is 9.59 Å². The average molecular weight is 211 g/mol. The summed E-state index contributed by atoms with van der Waals surface area (Å²) in [6.45, 7) is 3.84. The summed E-state index contributed by atoms with van der Waals surface area (Å²) in [6, 6.07) is 0. The first-order valence-corrected chi connectivity index (χ1v) is 3.62. The van der Waals surface area contributed by atoms with Crippen LogP contribution >= 0.6 is 13.5 Å². The first-order chi connectivity index (χ1) is 5.58. The Hall–Kier alpha value is -0.910. The zero-order chi connectivity index (χ0) is 9.98. The van der Waals surface area contributed by atoms with E-state index in [1.165, 1.54) is 6.42 Å². The van der Waals surface area contributed by atoms with Gasteiger partial charge in [-0.25, -0.2) is 4.79 Å². The normalized spacial score (nSPS) is 7.00. The summed E-state index contributed by atoms with van der Waals surface area (Å²) < 4.78 is 4.09. The first-order valence-electron chi connectivity index (χ1n) is 3.62. The van der Waals surface area contributed by atoms with Crippen molar-refractivity contribution in [1.29, 1.82) is 0 Å². The van der Waals surface area contributed by atoms with Crippen molar-refractivity contribution in [3.8, 4) is 0 Å². The van der Waals surface area contributed by atoms with Crippen LogP contribution in [0.4, 0.5) is 4.79 Å². The van der Waals surface area contributed by atoms with Gasteiger partial charge in [-0.1, -0.05) is 20.3 Å². The molecule has 0 aromatic rings. The van der Waals surface area contributed by atoms with Crippen LogP contribution in [0.2, 0.25) is 0 Å². The number of hydrogen-bond donors (Lipinski definition) is 2. The van der Waals surface area contributed by atoms with E-state index in [1.807, 2.05) is 5.32 Å². The molecule has 13 heavy (non-hydrogen) atoms. The molecule has 0 radical (unpaired) electrons. The maximum Gasteiger partial charge on any atom is 0.407 e. The predicted octanol–water partition coefficient (Wildman–Crippen LogP) is 0.956. The number of nitrogens with one attached hydrogen (secondary N) is 1. The second-order valence-electron chi connectivity index (χ2n) is 1.95. The highest BCUT2D eigenvalue weighted by Gasteiger charge is 1.99. The second-order valence-corrected chi connectivity index (χ2v) is 1.95. The third-order valence-corrected chi connectivity index (χ3v) is 0.569. The number of aliphatic carboxylic acids is 1. The van der Waals surface area contributed by atoms with Gasteiger partial charge in [-0.05, 0) is 0 Å². The Labute approximate surface area is 84.9 Å². The Balaban J connectivity index is -0.000000220. The van der Waals surface area contributed by atoms with Crippen molar-refractivity contribution in [2.75, 3.05) is 13.7 Å². The highest BCUT2D eigenvalue weighted by atomic mass is 32.1. The molecule has 0 bridgehead atoms. The lowest BCUT2D eigenvalue weighted by molar-refractivity contribution is -0.135. The standard InChI is InChI=1S/C4H7NO4.C3H8.H2S/c1-9-4(8)5-2-3(6)7;1-3-2;/h2H2,1H3,(H,5,8)(H,6,7);3H2,1-2H3;1H2. The monoisotopic (exact) mass is 211 g/mol. The smallest absolute Gasteiger partial charge is 0.407 e. The quantitative estimate of drug-likeness (QED) is 0.713. The van der Waals surface area contributed by atoms with Crippen molar-refractivity contribution in [1.82, 2.24) is 5.32 Å². The predicted molar refractivity (Wildman–Crippen MR) is 54.4 cm³/mol. The summed E-state index contributed by atoms with van der Waals surface area (Å²) in [5.74, 6) is -1.10. The number of carboxylic acid groups (broad SMARTS) is 1. The molecule has 0 fully saturated rings. The number of hydrogen-bond acceptors (Lipinski definition) is 3. The zero-order valence-electron chi connectivity index (χ0n) is 8.09. The molecule has 0 aliphatic carbocycles. The van der Waals surface area contributed by atoms with E-state index in [0.717, 1.165) is 7.11 Å². The van der Waals surface area contributed by atoms with Crippen LogP contribution in [0.5, 0.6) is 0 Å². The Morgan fingerprint density at radius 2 is 1.77 bits per heavy atom. The lowest BCUT2D eigenvalue weighted by atomic mass is 10.6. The Morgan fingerprint density at radius 3 is 2.00 bits per heavy atom. The van der Waals surface area contributed by atoms with E-state index < -0.39 is 18.6 Å². The number of methoxy groups -OCH3 is 1. The van der Waals surface area contributed by atoms with Crippen LogP contribution in [0, 0.1) is 0 Å². The molecular weight excluding hydrogens is 194 g/mol. The maximum absolute atomic E-state index is 10.1. The Morgan fingerprint density at radius 1 is 1.38 bits per heavy atom. The van der Waals surface area contributed by atoms with Crippen molar-refractivity contribution in [2.24, 2.45) is 0 Å². The third kappa shape index (κ3) is 24.7. The first kappa shape index (κ1) is 18.0. The van der Waals surface area contributed by atoms with Gasteiger partial charge in [-0.2, -0.15) is 13.5 Å². The summed E-state index contributed by atoms with van der Waals surface area (Å²) >= 11 is 0. The molecule has 2 N–H and O–H groups in total. The molecule has 0 aromatic heterocycles. The largest absolute Gasteiger partial charge is 0.480 e. The number of carbonyl (C=O) groups excluding carboxylic acids is 1. The van der Waals surface area contributed by atoms with E-state index in [-0.39, 0.29) is 13.5 Å². The minimum absolute atomic E-state index is 0. The van der Waals surface area contributed by atoms with Gasteiger partial charge in [-0.3, -0.25) is 4.79 Å². The van der Waals surface area contributed by atoms with Gasteiger partial charge in [0, 0.05) is 0 Å². The lowest BCUT2D eigenvalue weighted by Crippen LogP contribution is -2.28. The van der Waals surface area contributed by atoms with Gasteiger partial charge in [0.15, 0.2) is 0 Å². The molecule has 0 saturated heterocycles. The summed E-state index contributed by atoms with van der Waals surface area (Å²) in [4.78, 5) is 19.9. The molecule has 0 aromatic carbocycles. The van der Waals surface area contributed by atoms with Crippen molar-refractivity contribution >= 4 is 25.6 Å². The van der Waals surface area contributed by atoms with Crippen LogP contribution in [0.1, 0.15) is 20.3 Å². The van der Waals surface area contributed by atoms with Gasteiger partial charge >= 0.3 is 12.1 Å². The summed E-state index contributed by atoms with van der Waals surface area (Å²) in [5, 5.41) is 9.96. The molecule has 0 unspecified atom stereocenters. The number of carboxylic acids is 1. The molecule has 0 spiro atoms. The molecule has 6 heteroatoms. The van der Waals surface area contributed by atoms with Crippen molar-refractivity contribution in [3.63, 3.8) is 0 Å². The molecule has 0 aliphatic rings. The fourth-order valence-electron chi connectivity index (χ4n) is 0.220. The fraction of sp³-hybridized carbons (Fsp3) is 0.714. The summed E-state index contributed by atoms with van der Waals surface area (Å²) in [5.41, 5.74) is 0. The second kappa shape index (κ2) is 13.7. The van der Waals surface area contributed by atoms with E-state index in [2.05, 4.69) is 18.6 Å². The number of carbonyl (C=O) groups is 2. The summed E-state index contributed by atoms with van der Waals surface area (Å²) in [6.07, 6.45) is 0.511. The average Bonchev–Trinajstić information content (AvgIpc) is 2.01. The lowest BCUT2D eigenvalue weighted by Gasteiger charge is -1.96. The van der Waals surface area contributed by atoms with Gasteiger partial charge in [0.2, 0.25) is 0 Å². The van der Waals surface area contributed by atoms with Crippen LogP contribution in [-0.2, 0) is 9.53 Å². The number of ether oxygens (including phenoxy) is 1. The van der Waals surface area contributed by atoms with Crippen LogP contribution in [0.15, 0.2) is 0 Å². The summed E-state index contributed by atoms with van der Waals surface area (Å²) in [7, 11) is 1.16. The number of amides is 1. The molecule has 0 aliphatic heterocycles. The third-order valence-electron chi connectivity index (χ3n) is 0.569. The van der Waals surface area contributed by atoms with Gasteiger partial charge in [0.25, 0.3) is 0 Å². The molecule has 0 saturated carbocycles.